The third-order valence-electron chi connectivity index (χ3n) is 7.59. The van der Waals surface area contributed by atoms with E-state index in [4.69, 9.17) is 4.74 Å². The van der Waals surface area contributed by atoms with Crippen LogP contribution < -0.4 is 10.6 Å². The first-order chi connectivity index (χ1) is 14.7. The number of carbonyl (C=O) groups is 1. The molecule has 1 aliphatic carbocycles. The second kappa shape index (κ2) is 10.7. The fourth-order valence-electron chi connectivity index (χ4n) is 5.80. The summed E-state index contributed by atoms with van der Waals surface area (Å²) < 4.78 is 5.99. The zero-order valence-electron chi connectivity index (χ0n) is 18.2. The van der Waals surface area contributed by atoms with Gasteiger partial charge in [-0.05, 0) is 38.6 Å². The highest BCUT2D eigenvalue weighted by Gasteiger charge is 2.47. The van der Waals surface area contributed by atoms with E-state index in [0.29, 0.717) is 12.7 Å². The standard InChI is InChI=1S/C22H40N4O4/c27-15-18-21(28)20(17(30-18)14-24-22(29)16-6-2-1-3-7-16)26-12-10-25(11-13-26)19-8-4-5-9-23-19/h16-21,23,27-28H,1-15H2,(H,24,29)/t17-,18-,19?,20-,21+/m0/s1. The van der Waals surface area contributed by atoms with E-state index in [1.165, 1.54) is 25.7 Å². The van der Waals surface area contributed by atoms with Gasteiger partial charge in [0.2, 0.25) is 5.91 Å². The van der Waals surface area contributed by atoms with E-state index < -0.39 is 12.2 Å². The van der Waals surface area contributed by atoms with E-state index >= 15 is 0 Å². The molecule has 0 bridgehead atoms. The quantitative estimate of drug-likeness (QED) is 0.472. The number of ether oxygens (including phenoxy) is 1. The van der Waals surface area contributed by atoms with Gasteiger partial charge in [0.05, 0.1) is 24.9 Å². The van der Waals surface area contributed by atoms with Gasteiger partial charge >= 0.3 is 0 Å². The topological polar surface area (TPSA) is 97.3 Å². The second-order valence-electron chi connectivity index (χ2n) is 9.49. The molecule has 5 atom stereocenters. The Morgan fingerprint density at radius 1 is 0.967 bits per heavy atom. The number of carbonyl (C=O) groups excluding carboxylic acids is 1. The molecule has 8 heteroatoms. The molecule has 0 aromatic heterocycles. The SMILES string of the molecule is O=C(NC[C@@H]1O[C@@H](CO)[C@@H](O)[C@H]1N1CCN(C2CCCCN2)CC1)C1CCCCC1. The van der Waals surface area contributed by atoms with Gasteiger partial charge in [0.1, 0.15) is 12.2 Å². The first kappa shape index (κ1) is 22.4. The van der Waals surface area contributed by atoms with Crippen LogP contribution in [0.1, 0.15) is 51.4 Å². The maximum Gasteiger partial charge on any atom is 0.223 e. The number of nitrogens with one attached hydrogen (secondary N) is 2. The van der Waals surface area contributed by atoms with Crippen molar-refractivity contribution in [2.45, 2.75) is 81.9 Å². The Morgan fingerprint density at radius 2 is 1.67 bits per heavy atom. The first-order valence-electron chi connectivity index (χ1n) is 12.1. The molecule has 4 rings (SSSR count). The van der Waals surface area contributed by atoms with Crippen molar-refractivity contribution >= 4 is 5.91 Å². The summed E-state index contributed by atoms with van der Waals surface area (Å²) in [6.45, 7) is 4.97. The number of aliphatic hydroxyl groups is 2. The molecule has 0 spiro atoms. The van der Waals surface area contributed by atoms with E-state index in [-0.39, 0.29) is 30.6 Å². The summed E-state index contributed by atoms with van der Waals surface area (Å²) in [5.74, 6) is 0.232. The van der Waals surface area contributed by atoms with Crippen molar-refractivity contribution in [3.8, 4) is 0 Å². The summed E-state index contributed by atoms with van der Waals surface area (Å²) in [5, 5.41) is 27.2. The predicted octanol–water partition coefficient (Wildman–Crippen LogP) is -0.111. The van der Waals surface area contributed by atoms with Crippen LogP contribution in [0.5, 0.6) is 0 Å². The Labute approximate surface area is 180 Å². The van der Waals surface area contributed by atoms with E-state index in [1.54, 1.807) is 0 Å². The Kier molecular flexibility index (Phi) is 8.00. The molecule has 4 N–H and O–H groups in total. The number of piperidine rings is 1. The highest BCUT2D eigenvalue weighted by Crippen LogP contribution is 2.28. The first-order valence-corrected chi connectivity index (χ1v) is 12.1. The number of hydrogen-bond acceptors (Lipinski definition) is 7. The van der Waals surface area contributed by atoms with Gasteiger partial charge in [0.15, 0.2) is 0 Å². The van der Waals surface area contributed by atoms with Crippen LogP contribution >= 0.6 is 0 Å². The Balaban J connectivity index is 1.32. The number of amides is 1. The van der Waals surface area contributed by atoms with Crippen LogP contribution in [0.15, 0.2) is 0 Å². The van der Waals surface area contributed by atoms with Gasteiger partial charge in [0.25, 0.3) is 0 Å². The molecule has 0 aromatic rings. The van der Waals surface area contributed by atoms with Crippen LogP contribution in [0.4, 0.5) is 0 Å². The third-order valence-corrected chi connectivity index (χ3v) is 7.59. The summed E-state index contributed by atoms with van der Waals surface area (Å²) in [4.78, 5) is 17.4. The molecular formula is C22H40N4O4. The largest absolute Gasteiger partial charge is 0.394 e. The molecule has 0 radical (unpaired) electrons. The van der Waals surface area contributed by atoms with Crippen LogP contribution in [0.3, 0.4) is 0 Å². The highest BCUT2D eigenvalue weighted by atomic mass is 16.5. The lowest BCUT2D eigenvalue weighted by molar-refractivity contribution is -0.126. The zero-order valence-corrected chi connectivity index (χ0v) is 18.2. The van der Waals surface area contributed by atoms with Crippen molar-refractivity contribution in [1.82, 2.24) is 20.4 Å². The fourth-order valence-corrected chi connectivity index (χ4v) is 5.80. The van der Waals surface area contributed by atoms with Gasteiger partial charge in [-0.3, -0.25) is 14.6 Å². The molecule has 172 valence electrons. The van der Waals surface area contributed by atoms with Crippen molar-refractivity contribution in [3.63, 3.8) is 0 Å². The smallest absolute Gasteiger partial charge is 0.223 e. The monoisotopic (exact) mass is 424 g/mol. The van der Waals surface area contributed by atoms with Crippen molar-refractivity contribution < 1.29 is 19.7 Å². The molecule has 4 fully saturated rings. The molecule has 30 heavy (non-hydrogen) atoms. The minimum atomic E-state index is -0.731. The van der Waals surface area contributed by atoms with Crippen LogP contribution in [0.25, 0.3) is 0 Å². The number of nitrogens with zero attached hydrogens (tertiary/aromatic N) is 2. The van der Waals surface area contributed by atoms with Crippen LogP contribution in [-0.4, -0.2) is 102 Å². The van der Waals surface area contributed by atoms with Gasteiger partial charge in [0, 0.05) is 38.6 Å². The third kappa shape index (κ3) is 5.16. The van der Waals surface area contributed by atoms with E-state index in [9.17, 15) is 15.0 Å². The van der Waals surface area contributed by atoms with Crippen LogP contribution in [0.2, 0.25) is 0 Å². The molecule has 0 aromatic carbocycles. The van der Waals surface area contributed by atoms with Crippen LogP contribution in [0, 0.1) is 5.92 Å². The summed E-state index contributed by atoms with van der Waals surface area (Å²) >= 11 is 0. The van der Waals surface area contributed by atoms with E-state index in [0.717, 1.165) is 58.4 Å². The Hall–Kier alpha value is -0.770. The van der Waals surface area contributed by atoms with Crippen molar-refractivity contribution in [2.75, 3.05) is 45.9 Å². The average Bonchev–Trinajstić information content (AvgIpc) is 3.14. The van der Waals surface area contributed by atoms with Crippen molar-refractivity contribution in [2.24, 2.45) is 5.92 Å². The molecule has 3 heterocycles. The summed E-state index contributed by atoms with van der Waals surface area (Å²) in [7, 11) is 0. The lowest BCUT2D eigenvalue weighted by Crippen LogP contribution is -2.61. The van der Waals surface area contributed by atoms with E-state index in [1.807, 2.05) is 0 Å². The molecule has 8 nitrogen and oxygen atoms in total. The minimum Gasteiger partial charge on any atom is -0.394 e. The number of piperazine rings is 1. The summed E-state index contributed by atoms with van der Waals surface area (Å²) in [6.07, 6.45) is 8.06. The van der Waals surface area contributed by atoms with Crippen LogP contribution in [-0.2, 0) is 9.53 Å². The van der Waals surface area contributed by atoms with Crippen molar-refractivity contribution in [1.29, 1.82) is 0 Å². The van der Waals surface area contributed by atoms with E-state index in [2.05, 4.69) is 20.4 Å². The predicted molar refractivity (Wildman–Crippen MR) is 114 cm³/mol. The maximum absolute atomic E-state index is 12.6. The molecule has 1 saturated carbocycles. The lowest BCUT2D eigenvalue weighted by Gasteiger charge is -2.44. The lowest BCUT2D eigenvalue weighted by atomic mass is 9.88. The van der Waals surface area contributed by atoms with Gasteiger partial charge in [-0.25, -0.2) is 0 Å². The molecule has 3 aliphatic heterocycles. The number of aliphatic hydroxyl groups excluding tert-OH is 2. The maximum atomic E-state index is 12.6. The number of rotatable bonds is 6. The molecule has 1 amide bonds. The second-order valence-corrected chi connectivity index (χ2v) is 9.49. The molecule has 3 saturated heterocycles. The summed E-state index contributed by atoms with van der Waals surface area (Å²) in [6, 6.07) is -0.185. The average molecular weight is 425 g/mol. The minimum absolute atomic E-state index is 0.115. The van der Waals surface area contributed by atoms with Gasteiger partial charge < -0.3 is 25.6 Å². The Bertz CT molecular complexity index is 545. The van der Waals surface area contributed by atoms with Gasteiger partial charge in [-0.1, -0.05) is 19.3 Å². The summed E-state index contributed by atoms with van der Waals surface area (Å²) in [5.41, 5.74) is 0. The highest BCUT2D eigenvalue weighted by molar-refractivity contribution is 5.78. The normalized spacial score (nSPS) is 37.3. The Morgan fingerprint density at radius 3 is 2.33 bits per heavy atom. The van der Waals surface area contributed by atoms with Gasteiger partial charge in [-0.15, -0.1) is 0 Å². The van der Waals surface area contributed by atoms with Crippen molar-refractivity contribution in [3.05, 3.63) is 0 Å². The molecule has 4 aliphatic rings. The molecule has 1 unspecified atom stereocenters. The zero-order chi connectivity index (χ0) is 20.9. The fraction of sp³-hybridized carbons (Fsp3) is 0.955. The number of hydrogen-bond donors (Lipinski definition) is 4. The van der Waals surface area contributed by atoms with Gasteiger partial charge in [-0.2, -0.15) is 0 Å². The molecular weight excluding hydrogens is 384 g/mol.